The predicted molar refractivity (Wildman–Crippen MR) is 58.7 cm³/mol. The Morgan fingerprint density at radius 2 is 2.25 bits per heavy atom. The summed E-state index contributed by atoms with van der Waals surface area (Å²) in [6.45, 7) is 0. The standard InChI is InChI=1S/C9H11N5O2/c1-13(2)6-4-14-7(11-9(10)12-14)3-5(6)8(15)16/h3-4H,1-2H3,(H2,10,12)(H,15,16). The van der Waals surface area contributed by atoms with Crippen molar-refractivity contribution < 1.29 is 9.90 Å². The lowest BCUT2D eigenvalue weighted by Gasteiger charge is -2.14. The van der Waals surface area contributed by atoms with Gasteiger partial charge in [0.2, 0.25) is 5.95 Å². The fraction of sp³-hybridized carbons (Fsp3) is 0.222. The lowest BCUT2D eigenvalue weighted by atomic mass is 10.2. The van der Waals surface area contributed by atoms with Crippen molar-refractivity contribution >= 4 is 23.3 Å². The molecular weight excluding hydrogens is 210 g/mol. The Morgan fingerprint density at radius 3 is 2.81 bits per heavy atom. The molecule has 0 aliphatic rings. The summed E-state index contributed by atoms with van der Waals surface area (Å²) in [4.78, 5) is 16.7. The maximum Gasteiger partial charge on any atom is 0.338 e. The number of carboxylic acids is 1. The van der Waals surface area contributed by atoms with Crippen molar-refractivity contribution in [3.8, 4) is 0 Å². The molecule has 0 unspecified atom stereocenters. The predicted octanol–water partition coefficient (Wildman–Crippen LogP) is 0.0757. The number of carbonyl (C=O) groups is 1. The van der Waals surface area contributed by atoms with Crippen molar-refractivity contribution in [2.24, 2.45) is 0 Å². The Labute approximate surface area is 91.1 Å². The summed E-state index contributed by atoms with van der Waals surface area (Å²) in [6.07, 6.45) is 1.59. The molecule has 0 aliphatic heterocycles. The molecule has 2 aromatic heterocycles. The number of hydrogen-bond donors (Lipinski definition) is 2. The van der Waals surface area contributed by atoms with Crippen LogP contribution in [0.5, 0.6) is 0 Å². The summed E-state index contributed by atoms with van der Waals surface area (Å²) in [5, 5.41) is 13.0. The maximum atomic E-state index is 11.1. The first-order valence-corrected chi connectivity index (χ1v) is 4.55. The van der Waals surface area contributed by atoms with Gasteiger partial charge in [0, 0.05) is 14.1 Å². The lowest BCUT2D eigenvalue weighted by Crippen LogP contribution is -2.15. The van der Waals surface area contributed by atoms with E-state index in [2.05, 4.69) is 10.1 Å². The maximum absolute atomic E-state index is 11.1. The van der Waals surface area contributed by atoms with Crippen molar-refractivity contribution in [1.82, 2.24) is 14.6 Å². The van der Waals surface area contributed by atoms with E-state index in [4.69, 9.17) is 10.8 Å². The first-order valence-electron chi connectivity index (χ1n) is 4.55. The van der Waals surface area contributed by atoms with E-state index in [0.29, 0.717) is 11.3 Å². The Morgan fingerprint density at radius 1 is 1.56 bits per heavy atom. The van der Waals surface area contributed by atoms with Crippen LogP contribution in [0.25, 0.3) is 5.65 Å². The molecule has 7 nitrogen and oxygen atoms in total. The SMILES string of the molecule is CN(C)c1cn2nc(N)nc2cc1C(=O)O. The average Bonchev–Trinajstić information content (AvgIpc) is 2.54. The molecular formula is C9H11N5O2. The average molecular weight is 221 g/mol. The number of aromatic nitrogens is 3. The van der Waals surface area contributed by atoms with E-state index in [1.54, 1.807) is 25.2 Å². The Hall–Kier alpha value is -2.31. The van der Waals surface area contributed by atoms with Crippen molar-refractivity contribution in [1.29, 1.82) is 0 Å². The summed E-state index contributed by atoms with van der Waals surface area (Å²) in [5.74, 6) is -0.889. The quantitative estimate of drug-likeness (QED) is 0.745. The van der Waals surface area contributed by atoms with Gasteiger partial charge < -0.3 is 15.7 Å². The molecule has 0 saturated carbocycles. The minimum Gasteiger partial charge on any atom is -0.478 e. The summed E-state index contributed by atoms with van der Waals surface area (Å²) in [5.41, 5.74) is 6.57. The van der Waals surface area contributed by atoms with Crippen LogP contribution in [0.3, 0.4) is 0 Å². The molecule has 3 N–H and O–H groups in total. The highest BCUT2D eigenvalue weighted by Gasteiger charge is 2.14. The molecule has 0 aliphatic carbocycles. The third-order valence-corrected chi connectivity index (χ3v) is 2.18. The van der Waals surface area contributed by atoms with Crippen LogP contribution in [0.1, 0.15) is 10.4 Å². The largest absolute Gasteiger partial charge is 0.478 e. The number of rotatable bonds is 2. The number of aromatic carboxylic acids is 1. The van der Waals surface area contributed by atoms with Gasteiger partial charge in [-0.05, 0) is 6.07 Å². The monoisotopic (exact) mass is 221 g/mol. The van der Waals surface area contributed by atoms with E-state index in [9.17, 15) is 4.79 Å². The van der Waals surface area contributed by atoms with Gasteiger partial charge in [-0.15, -0.1) is 5.10 Å². The number of hydrogen-bond acceptors (Lipinski definition) is 5. The topological polar surface area (TPSA) is 96.8 Å². The molecule has 7 heteroatoms. The second-order valence-electron chi connectivity index (χ2n) is 3.54. The zero-order chi connectivity index (χ0) is 11.9. The third kappa shape index (κ3) is 1.52. The van der Waals surface area contributed by atoms with Crippen molar-refractivity contribution in [2.45, 2.75) is 0 Å². The molecule has 16 heavy (non-hydrogen) atoms. The molecule has 84 valence electrons. The second kappa shape index (κ2) is 3.37. The Bertz CT molecular complexity index is 560. The van der Waals surface area contributed by atoms with Gasteiger partial charge in [-0.2, -0.15) is 4.98 Å². The van der Waals surface area contributed by atoms with Gasteiger partial charge in [0.25, 0.3) is 0 Å². The van der Waals surface area contributed by atoms with Crippen LogP contribution in [-0.4, -0.2) is 39.8 Å². The normalized spacial score (nSPS) is 10.6. The van der Waals surface area contributed by atoms with Gasteiger partial charge in [-0.1, -0.05) is 0 Å². The summed E-state index contributed by atoms with van der Waals surface area (Å²) in [7, 11) is 3.52. The van der Waals surface area contributed by atoms with Crippen LogP contribution in [-0.2, 0) is 0 Å². The van der Waals surface area contributed by atoms with Crippen LogP contribution in [0, 0.1) is 0 Å². The van der Waals surface area contributed by atoms with Crippen LogP contribution < -0.4 is 10.6 Å². The van der Waals surface area contributed by atoms with Crippen LogP contribution in [0.4, 0.5) is 11.6 Å². The highest BCUT2D eigenvalue weighted by atomic mass is 16.4. The Kier molecular flexibility index (Phi) is 2.15. The minimum atomic E-state index is -1.01. The minimum absolute atomic E-state index is 0.118. The third-order valence-electron chi connectivity index (χ3n) is 2.18. The summed E-state index contributed by atoms with van der Waals surface area (Å²) < 4.78 is 1.46. The molecule has 0 spiro atoms. The molecule has 2 aromatic rings. The van der Waals surface area contributed by atoms with Gasteiger partial charge >= 0.3 is 5.97 Å². The summed E-state index contributed by atoms with van der Waals surface area (Å²) >= 11 is 0. The van der Waals surface area contributed by atoms with Gasteiger partial charge in [-0.25, -0.2) is 9.31 Å². The number of nitrogen functional groups attached to an aromatic ring is 1. The number of pyridine rings is 1. The van der Waals surface area contributed by atoms with E-state index in [1.807, 2.05) is 0 Å². The lowest BCUT2D eigenvalue weighted by molar-refractivity contribution is 0.0697. The number of nitrogens with zero attached hydrogens (tertiary/aromatic N) is 4. The fourth-order valence-electron chi connectivity index (χ4n) is 1.46. The van der Waals surface area contributed by atoms with Gasteiger partial charge in [-0.3, -0.25) is 0 Å². The molecule has 0 saturated heterocycles. The number of anilines is 2. The zero-order valence-electron chi connectivity index (χ0n) is 8.88. The second-order valence-corrected chi connectivity index (χ2v) is 3.54. The van der Waals surface area contributed by atoms with Gasteiger partial charge in [0.1, 0.15) is 0 Å². The Balaban J connectivity index is 2.75. The van der Waals surface area contributed by atoms with Crippen LogP contribution in [0.15, 0.2) is 12.3 Å². The molecule has 0 radical (unpaired) electrons. The highest BCUT2D eigenvalue weighted by molar-refractivity contribution is 5.95. The molecule has 0 amide bonds. The number of carboxylic acid groups (broad SMARTS) is 1. The molecule has 2 rings (SSSR count). The number of nitrogens with two attached hydrogens (primary N) is 1. The van der Waals surface area contributed by atoms with Crippen molar-refractivity contribution in [3.63, 3.8) is 0 Å². The van der Waals surface area contributed by atoms with E-state index in [0.717, 1.165) is 0 Å². The molecule has 0 bridgehead atoms. The zero-order valence-corrected chi connectivity index (χ0v) is 8.88. The summed E-state index contributed by atoms with van der Waals surface area (Å²) in [6, 6.07) is 1.45. The molecule has 0 fully saturated rings. The first kappa shape index (κ1) is 10.2. The molecule has 2 heterocycles. The number of fused-ring (bicyclic) bond motifs is 1. The van der Waals surface area contributed by atoms with Gasteiger partial charge in [0.15, 0.2) is 5.65 Å². The van der Waals surface area contributed by atoms with Crippen molar-refractivity contribution in [3.05, 3.63) is 17.8 Å². The van der Waals surface area contributed by atoms with Crippen LogP contribution in [0.2, 0.25) is 0 Å². The molecule has 0 aromatic carbocycles. The van der Waals surface area contributed by atoms with E-state index < -0.39 is 5.97 Å². The highest BCUT2D eigenvalue weighted by Crippen LogP contribution is 2.20. The van der Waals surface area contributed by atoms with E-state index >= 15 is 0 Å². The first-order chi connectivity index (χ1) is 7.49. The van der Waals surface area contributed by atoms with Crippen LogP contribution >= 0.6 is 0 Å². The van der Waals surface area contributed by atoms with E-state index in [-0.39, 0.29) is 11.5 Å². The van der Waals surface area contributed by atoms with E-state index in [1.165, 1.54) is 10.6 Å². The fourth-order valence-corrected chi connectivity index (χ4v) is 1.46. The smallest absolute Gasteiger partial charge is 0.338 e. The van der Waals surface area contributed by atoms with Crippen molar-refractivity contribution in [2.75, 3.05) is 24.7 Å². The molecule has 0 atom stereocenters. The van der Waals surface area contributed by atoms with Gasteiger partial charge in [0.05, 0.1) is 17.4 Å².